The molecule has 0 fully saturated rings. The monoisotopic (exact) mass is 404 g/mol. The van der Waals surface area contributed by atoms with Gasteiger partial charge in [-0.3, -0.25) is 4.79 Å². The summed E-state index contributed by atoms with van der Waals surface area (Å²) >= 11 is 7.90. The minimum absolute atomic E-state index is 0.00526. The van der Waals surface area contributed by atoms with Crippen molar-refractivity contribution in [1.82, 2.24) is 9.97 Å². The molecule has 0 saturated heterocycles. The van der Waals surface area contributed by atoms with E-state index in [1.165, 1.54) is 6.07 Å². The fourth-order valence-corrected chi connectivity index (χ4v) is 2.47. The Hall–Kier alpha value is -1.08. The Bertz CT molecular complexity index is 698. The van der Waals surface area contributed by atoms with Crippen LogP contribution in [0.4, 0.5) is 0 Å². The number of aromatic nitrogens is 2. The van der Waals surface area contributed by atoms with E-state index in [0.29, 0.717) is 20.9 Å². The smallest absolute Gasteiger partial charge is 0.264 e. The molecule has 0 saturated carbocycles. The SMILES string of the molecule is CC(C)Cc1nc(-c2ccc(O)c(Cl)c2)[nH]c(=O)c1I. The molecule has 1 aromatic carbocycles. The number of phenolic OH excluding ortho intramolecular Hbond substituents is 1. The molecule has 0 radical (unpaired) electrons. The van der Waals surface area contributed by atoms with Crippen molar-refractivity contribution in [2.24, 2.45) is 5.92 Å². The number of halogens is 2. The van der Waals surface area contributed by atoms with Crippen molar-refractivity contribution in [2.75, 3.05) is 0 Å². The lowest BCUT2D eigenvalue weighted by molar-refractivity contribution is 0.475. The highest BCUT2D eigenvalue weighted by atomic mass is 127. The lowest BCUT2D eigenvalue weighted by atomic mass is 10.1. The number of hydrogen-bond acceptors (Lipinski definition) is 3. The molecule has 4 nitrogen and oxygen atoms in total. The number of benzene rings is 1. The van der Waals surface area contributed by atoms with Crippen LogP contribution in [0.3, 0.4) is 0 Å². The van der Waals surface area contributed by atoms with Crippen molar-refractivity contribution in [3.63, 3.8) is 0 Å². The molecular formula is C14H14ClIN2O2. The first-order valence-corrected chi connectivity index (χ1v) is 7.61. The molecular weight excluding hydrogens is 391 g/mol. The van der Waals surface area contributed by atoms with Crippen LogP contribution in [0.15, 0.2) is 23.0 Å². The quantitative estimate of drug-likeness (QED) is 0.768. The fraction of sp³-hybridized carbons (Fsp3) is 0.286. The van der Waals surface area contributed by atoms with E-state index >= 15 is 0 Å². The van der Waals surface area contributed by atoms with Gasteiger partial charge < -0.3 is 10.1 Å². The summed E-state index contributed by atoms with van der Waals surface area (Å²) < 4.78 is 0.616. The third-order valence-corrected chi connectivity index (χ3v) is 4.17. The maximum Gasteiger partial charge on any atom is 0.264 e. The summed E-state index contributed by atoms with van der Waals surface area (Å²) in [5, 5.41) is 9.67. The van der Waals surface area contributed by atoms with E-state index in [1.807, 2.05) is 22.6 Å². The highest BCUT2D eigenvalue weighted by molar-refractivity contribution is 14.1. The molecule has 6 heteroatoms. The summed E-state index contributed by atoms with van der Waals surface area (Å²) in [7, 11) is 0. The molecule has 2 N–H and O–H groups in total. The molecule has 1 heterocycles. The first kappa shape index (κ1) is 15.3. The number of rotatable bonds is 3. The molecule has 2 aromatic rings. The Morgan fingerprint density at radius 2 is 2.15 bits per heavy atom. The Balaban J connectivity index is 2.54. The van der Waals surface area contributed by atoms with E-state index < -0.39 is 0 Å². The molecule has 106 valence electrons. The van der Waals surface area contributed by atoms with E-state index in [2.05, 4.69) is 23.8 Å². The summed E-state index contributed by atoms with van der Waals surface area (Å²) in [6, 6.07) is 4.74. The fourth-order valence-electron chi connectivity index (χ4n) is 1.82. The Kier molecular flexibility index (Phi) is 4.70. The Labute approximate surface area is 135 Å². The molecule has 20 heavy (non-hydrogen) atoms. The number of aromatic amines is 1. The standard InChI is InChI=1S/C14H14ClIN2O2/c1-7(2)5-10-12(16)14(20)18-13(17-10)8-3-4-11(19)9(15)6-8/h3-4,6-7,19H,5H2,1-2H3,(H,17,18,20). The second-order valence-corrected chi connectivity index (χ2v) is 6.43. The van der Waals surface area contributed by atoms with Gasteiger partial charge in [0.15, 0.2) is 0 Å². The van der Waals surface area contributed by atoms with Crippen LogP contribution in [0.5, 0.6) is 5.75 Å². The predicted octanol–water partition coefficient (Wildman–Crippen LogP) is 3.60. The molecule has 0 amide bonds. The Morgan fingerprint density at radius 3 is 2.75 bits per heavy atom. The van der Waals surface area contributed by atoms with Gasteiger partial charge in [-0.2, -0.15) is 0 Å². The number of nitrogens with one attached hydrogen (secondary N) is 1. The third-order valence-electron chi connectivity index (χ3n) is 2.75. The van der Waals surface area contributed by atoms with Crippen molar-refractivity contribution >= 4 is 34.2 Å². The molecule has 2 rings (SSSR count). The van der Waals surface area contributed by atoms with Crippen LogP contribution in [0.25, 0.3) is 11.4 Å². The van der Waals surface area contributed by atoms with E-state index in [0.717, 1.165) is 12.1 Å². The average Bonchev–Trinajstić information content (AvgIpc) is 2.37. The van der Waals surface area contributed by atoms with E-state index in [-0.39, 0.29) is 16.3 Å². The molecule has 0 spiro atoms. The van der Waals surface area contributed by atoms with E-state index in [9.17, 15) is 9.90 Å². The topological polar surface area (TPSA) is 66.0 Å². The summed E-state index contributed by atoms with van der Waals surface area (Å²) in [6.07, 6.45) is 0.737. The zero-order chi connectivity index (χ0) is 14.9. The van der Waals surface area contributed by atoms with Crippen LogP contribution in [-0.4, -0.2) is 15.1 Å². The predicted molar refractivity (Wildman–Crippen MR) is 88.2 cm³/mol. The number of aromatic hydroxyl groups is 1. The second-order valence-electron chi connectivity index (χ2n) is 4.94. The lowest BCUT2D eigenvalue weighted by Gasteiger charge is -2.09. The minimum Gasteiger partial charge on any atom is -0.506 e. The van der Waals surface area contributed by atoms with Crippen molar-refractivity contribution in [2.45, 2.75) is 20.3 Å². The number of H-pyrrole nitrogens is 1. The van der Waals surface area contributed by atoms with Gasteiger partial charge in [0.1, 0.15) is 11.6 Å². The molecule has 0 atom stereocenters. The first-order chi connectivity index (χ1) is 9.38. The third kappa shape index (κ3) is 3.32. The Morgan fingerprint density at radius 1 is 1.45 bits per heavy atom. The van der Waals surface area contributed by atoms with Gasteiger partial charge in [-0.25, -0.2) is 4.98 Å². The second kappa shape index (κ2) is 6.13. The molecule has 0 bridgehead atoms. The molecule has 0 aliphatic heterocycles. The van der Waals surface area contributed by atoms with Gasteiger partial charge in [0.05, 0.1) is 14.3 Å². The van der Waals surface area contributed by atoms with Crippen LogP contribution >= 0.6 is 34.2 Å². The summed E-state index contributed by atoms with van der Waals surface area (Å²) in [5.41, 5.74) is 1.30. The zero-order valence-electron chi connectivity index (χ0n) is 11.1. The normalized spacial score (nSPS) is 11.1. The maximum absolute atomic E-state index is 12.0. The summed E-state index contributed by atoms with van der Waals surface area (Å²) in [5.74, 6) is 0.882. The van der Waals surface area contributed by atoms with Gasteiger partial charge in [0.2, 0.25) is 0 Å². The average molecular weight is 405 g/mol. The van der Waals surface area contributed by atoms with Gasteiger partial charge in [-0.1, -0.05) is 25.4 Å². The van der Waals surface area contributed by atoms with E-state index in [4.69, 9.17) is 11.6 Å². The highest BCUT2D eigenvalue weighted by Crippen LogP contribution is 2.27. The molecule has 0 unspecified atom stereocenters. The lowest BCUT2D eigenvalue weighted by Crippen LogP contribution is -2.17. The molecule has 0 aliphatic rings. The van der Waals surface area contributed by atoms with Crippen molar-refractivity contribution < 1.29 is 5.11 Å². The largest absolute Gasteiger partial charge is 0.506 e. The summed E-state index contributed by atoms with van der Waals surface area (Å²) in [6.45, 7) is 4.16. The molecule has 0 aliphatic carbocycles. The van der Waals surface area contributed by atoms with Crippen LogP contribution in [0, 0.1) is 9.49 Å². The molecule has 1 aromatic heterocycles. The number of phenols is 1. The van der Waals surface area contributed by atoms with Crippen LogP contribution in [0.2, 0.25) is 5.02 Å². The van der Waals surface area contributed by atoms with Gasteiger partial charge in [0, 0.05) is 5.56 Å². The minimum atomic E-state index is -0.157. The van der Waals surface area contributed by atoms with Crippen molar-refractivity contribution in [3.8, 4) is 17.1 Å². The van der Waals surface area contributed by atoms with Crippen LogP contribution in [-0.2, 0) is 6.42 Å². The van der Waals surface area contributed by atoms with Crippen LogP contribution in [0.1, 0.15) is 19.5 Å². The van der Waals surface area contributed by atoms with Crippen molar-refractivity contribution in [3.05, 3.63) is 42.8 Å². The number of nitrogens with zero attached hydrogens (tertiary/aromatic N) is 1. The van der Waals surface area contributed by atoms with Crippen LogP contribution < -0.4 is 5.56 Å². The zero-order valence-corrected chi connectivity index (χ0v) is 14.0. The van der Waals surface area contributed by atoms with Gasteiger partial charge >= 0.3 is 0 Å². The van der Waals surface area contributed by atoms with Gasteiger partial charge in [0.25, 0.3) is 5.56 Å². The first-order valence-electron chi connectivity index (χ1n) is 6.16. The van der Waals surface area contributed by atoms with Gasteiger partial charge in [-0.15, -0.1) is 0 Å². The number of hydrogen-bond donors (Lipinski definition) is 2. The van der Waals surface area contributed by atoms with E-state index in [1.54, 1.807) is 12.1 Å². The summed E-state index contributed by atoms with van der Waals surface area (Å²) in [4.78, 5) is 19.2. The highest BCUT2D eigenvalue weighted by Gasteiger charge is 2.12. The maximum atomic E-state index is 12.0. The van der Waals surface area contributed by atoms with Gasteiger partial charge in [-0.05, 0) is 53.1 Å². The van der Waals surface area contributed by atoms with Crippen molar-refractivity contribution in [1.29, 1.82) is 0 Å².